The Morgan fingerprint density at radius 3 is 2.60 bits per heavy atom. The standard InChI is InChI=1S/C16H22FNO2/c1-20-16(19)11-15(18-14-4-2-3-5-14)10-12-6-8-13(17)9-7-12/h6-9,14-15,18H,2-5,10-11H2,1H3. The van der Waals surface area contributed by atoms with Gasteiger partial charge < -0.3 is 10.1 Å². The summed E-state index contributed by atoms with van der Waals surface area (Å²) in [5.41, 5.74) is 1.03. The third-order valence-corrected chi connectivity index (χ3v) is 3.86. The maximum Gasteiger partial charge on any atom is 0.307 e. The van der Waals surface area contributed by atoms with Crippen molar-refractivity contribution in [1.29, 1.82) is 0 Å². The van der Waals surface area contributed by atoms with E-state index in [1.165, 1.54) is 44.9 Å². The quantitative estimate of drug-likeness (QED) is 0.814. The van der Waals surface area contributed by atoms with Gasteiger partial charge in [0.05, 0.1) is 13.5 Å². The molecule has 1 aliphatic rings. The zero-order valence-electron chi connectivity index (χ0n) is 11.9. The van der Waals surface area contributed by atoms with E-state index in [1.54, 1.807) is 12.1 Å². The molecule has 0 aromatic heterocycles. The average molecular weight is 279 g/mol. The molecule has 0 saturated heterocycles. The molecular formula is C16H22FNO2. The fourth-order valence-corrected chi connectivity index (χ4v) is 2.81. The first-order valence-electron chi connectivity index (χ1n) is 7.24. The number of esters is 1. The van der Waals surface area contributed by atoms with E-state index in [2.05, 4.69) is 5.32 Å². The summed E-state index contributed by atoms with van der Waals surface area (Å²) in [6, 6.07) is 7.01. The molecule has 0 heterocycles. The summed E-state index contributed by atoms with van der Waals surface area (Å²) >= 11 is 0. The Balaban J connectivity index is 1.96. The number of benzene rings is 1. The number of carbonyl (C=O) groups excluding carboxylic acids is 1. The van der Waals surface area contributed by atoms with Gasteiger partial charge in [0.15, 0.2) is 0 Å². The molecule has 20 heavy (non-hydrogen) atoms. The predicted molar refractivity (Wildman–Crippen MR) is 75.9 cm³/mol. The monoisotopic (exact) mass is 279 g/mol. The van der Waals surface area contributed by atoms with Crippen molar-refractivity contribution in [2.45, 2.75) is 50.6 Å². The van der Waals surface area contributed by atoms with E-state index in [-0.39, 0.29) is 17.8 Å². The normalized spacial score (nSPS) is 17.1. The van der Waals surface area contributed by atoms with Crippen molar-refractivity contribution in [2.75, 3.05) is 7.11 Å². The number of methoxy groups -OCH3 is 1. The molecule has 1 N–H and O–H groups in total. The van der Waals surface area contributed by atoms with Crippen LogP contribution in [0.15, 0.2) is 24.3 Å². The highest BCUT2D eigenvalue weighted by Crippen LogP contribution is 2.19. The Morgan fingerprint density at radius 2 is 2.00 bits per heavy atom. The van der Waals surface area contributed by atoms with Crippen molar-refractivity contribution in [3.8, 4) is 0 Å². The maximum absolute atomic E-state index is 12.9. The van der Waals surface area contributed by atoms with Gasteiger partial charge in [0, 0.05) is 12.1 Å². The molecule has 1 saturated carbocycles. The van der Waals surface area contributed by atoms with Gasteiger partial charge in [0.2, 0.25) is 0 Å². The number of halogens is 1. The van der Waals surface area contributed by atoms with Gasteiger partial charge in [0.1, 0.15) is 5.82 Å². The average Bonchev–Trinajstić information content (AvgIpc) is 2.94. The summed E-state index contributed by atoms with van der Waals surface area (Å²) in [5, 5.41) is 3.55. The predicted octanol–water partition coefficient (Wildman–Crippen LogP) is 2.83. The van der Waals surface area contributed by atoms with Crippen LogP contribution in [0.5, 0.6) is 0 Å². The van der Waals surface area contributed by atoms with Crippen molar-refractivity contribution in [2.24, 2.45) is 0 Å². The molecule has 1 fully saturated rings. The van der Waals surface area contributed by atoms with Crippen LogP contribution in [0.2, 0.25) is 0 Å². The van der Waals surface area contributed by atoms with Crippen LogP contribution >= 0.6 is 0 Å². The molecular weight excluding hydrogens is 257 g/mol. The van der Waals surface area contributed by atoms with Crippen LogP contribution in [0.4, 0.5) is 4.39 Å². The van der Waals surface area contributed by atoms with E-state index >= 15 is 0 Å². The fraction of sp³-hybridized carbons (Fsp3) is 0.562. The summed E-state index contributed by atoms with van der Waals surface area (Å²) in [6.45, 7) is 0. The summed E-state index contributed by atoms with van der Waals surface area (Å²) in [7, 11) is 1.41. The molecule has 0 aliphatic heterocycles. The van der Waals surface area contributed by atoms with Gasteiger partial charge in [-0.2, -0.15) is 0 Å². The second-order valence-electron chi connectivity index (χ2n) is 5.46. The molecule has 1 aromatic rings. The minimum absolute atomic E-state index is 0.0519. The van der Waals surface area contributed by atoms with Gasteiger partial charge in [-0.25, -0.2) is 4.39 Å². The third kappa shape index (κ3) is 4.60. The highest BCUT2D eigenvalue weighted by Gasteiger charge is 2.21. The van der Waals surface area contributed by atoms with E-state index in [1.807, 2.05) is 0 Å². The van der Waals surface area contributed by atoms with Crippen LogP contribution in [0.3, 0.4) is 0 Å². The zero-order chi connectivity index (χ0) is 14.4. The molecule has 0 radical (unpaired) electrons. The first-order chi connectivity index (χ1) is 9.67. The Bertz CT molecular complexity index is 427. The second-order valence-corrected chi connectivity index (χ2v) is 5.46. The molecule has 2 rings (SSSR count). The van der Waals surface area contributed by atoms with Gasteiger partial charge in [0.25, 0.3) is 0 Å². The Labute approximate surface area is 119 Å². The molecule has 0 amide bonds. The van der Waals surface area contributed by atoms with Gasteiger partial charge in [-0.15, -0.1) is 0 Å². The van der Waals surface area contributed by atoms with Gasteiger partial charge in [-0.3, -0.25) is 4.79 Å². The number of hydrogen-bond acceptors (Lipinski definition) is 3. The van der Waals surface area contributed by atoms with E-state index in [4.69, 9.17) is 4.74 Å². The lowest BCUT2D eigenvalue weighted by Crippen LogP contribution is -2.39. The fourth-order valence-electron chi connectivity index (χ4n) is 2.81. The van der Waals surface area contributed by atoms with E-state index < -0.39 is 0 Å². The lowest BCUT2D eigenvalue weighted by atomic mass is 10.0. The topological polar surface area (TPSA) is 38.3 Å². The molecule has 1 aliphatic carbocycles. The Morgan fingerprint density at radius 1 is 1.35 bits per heavy atom. The van der Waals surface area contributed by atoms with Crippen molar-refractivity contribution in [3.05, 3.63) is 35.6 Å². The highest BCUT2D eigenvalue weighted by atomic mass is 19.1. The van der Waals surface area contributed by atoms with Gasteiger partial charge >= 0.3 is 5.97 Å². The minimum Gasteiger partial charge on any atom is -0.469 e. The van der Waals surface area contributed by atoms with Crippen LogP contribution < -0.4 is 5.32 Å². The van der Waals surface area contributed by atoms with Crippen LogP contribution in [-0.4, -0.2) is 25.2 Å². The van der Waals surface area contributed by atoms with E-state index in [0.717, 1.165) is 5.56 Å². The summed E-state index contributed by atoms with van der Waals surface area (Å²) in [6.07, 6.45) is 5.90. The molecule has 1 aromatic carbocycles. The zero-order valence-corrected chi connectivity index (χ0v) is 11.9. The molecule has 4 heteroatoms. The largest absolute Gasteiger partial charge is 0.469 e. The third-order valence-electron chi connectivity index (χ3n) is 3.86. The summed E-state index contributed by atoms with van der Waals surface area (Å²) in [4.78, 5) is 11.5. The SMILES string of the molecule is COC(=O)CC(Cc1ccc(F)cc1)NC1CCCC1. The second kappa shape index (κ2) is 7.39. The van der Waals surface area contributed by atoms with Crippen molar-refractivity contribution < 1.29 is 13.9 Å². The molecule has 110 valence electrons. The number of carbonyl (C=O) groups is 1. The number of nitrogens with one attached hydrogen (secondary N) is 1. The van der Waals surface area contributed by atoms with Crippen LogP contribution in [0, 0.1) is 5.82 Å². The highest BCUT2D eigenvalue weighted by molar-refractivity contribution is 5.70. The summed E-state index contributed by atoms with van der Waals surface area (Å²) in [5.74, 6) is -0.440. The Kier molecular flexibility index (Phi) is 5.53. The molecule has 1 atom stereocenters. The molecule has 0 bridgehead atoms. The van der Waals surface area contributed by atoms with Crippen molar-refractivity contribution in [1.82, 2.24) is 5.32 Å². The van der Waals surface area contributed by atoms with E-state index in [9.17, 15) is 9.18 Å². The lowest BCUT2D eigenvalue weighted by molar-refractivity contribution is -0.141. The Hall–Kier alpha value is -1.42. The molecule has 1 unspecified atom stereocenters. The smallest absolute Gasteiger partial charge is 0.307 e. The molecule has 0 spiro atoms. The minimum atomic E-state index is -0.234. The van der Waals surface area contributed by atoms with Crippen LogP contribution in [-0.2, 0) is 16.0 Å². The van der Waals surface area contributed by atoms with Gasteiger partial charge in [-0.1, -0.05) is 25.0 Å². The number of hydrogen-bond donors (Lipinski definition) is 1. The number of rotatable bonds is 6. The van der Waals surface area contributed by atoms with E-state index in [0.29, 0.717) is 18.9 Å². The maximum atomic E-state index is 12.9. The number of ether oxygens (including phenoxy) is 1. The summed E-state index contributed by atoms with van der Waals surface area (Å²) < 4.78 is 17.7. The lowest BCUT2D eigenvalue weighted by Gasteiger charge is -2.22. The van der Waals surface area contributed by atoms with Crippen LogP contribution in [0.25, 0.3) is 0 Å². The van der Waals surface area contributed by atoms with Crippen LogP contribution in [0.1, 0.15) is 37.7 Å². The van der Waals surface area contributed by atoms with Crippen molar-refractivity contribution in [3.63, 3.8) is 0 Å². The van der Waals surface area contributed by atoms with Gasteiger partial charge in [-0.05, 0) is 37.0 Å². The first-order valence-corrected chi connectivity index (χ1v) is 7.24. The van der Waals surface area contributed by atoms with Crippen molar-refractivity contribution >= 4 is 5.97 Å². The first kappa shape index (κ1) is 15.0. The molecule has 3 nitrogen and oxygen atoms in total.